The number of hydrogen-bond donors (Lipinski definition) is 1. The zero-order valence-electron chi connectivity index (χ0n) is 9.64. The molecule has 0 bridgehead atoms. The molecule has 0 fully saturated rings. The van der Waals surface area contributed by atoms with Crippen molar-refractivity contribution in [2.24, 2.45) is 0 Å². The van der Waals surface area contributed by atoms with E-state index in [1.165, 1.54) is 6.20 Å². The Balaban J connectivity index is 2.65. The summed E-state index contributed by atoms with van der Waals surface area (Å²) in [6.07, 6.45) is 1.35. The van der Waals surface area contributed by atoms with Crippen LogP contribution in [0.25, 0.3) is 11.3 Å². The highest BCUT2D eigenvalue weighted by molar-refractivity contribution is 5.94. The molecule has 1 heterocycles. The Bertz CT molecular complexity index is 579. The third-order valence-electron chi connectivity index (χ3n) is 2.43. The fourth-order valence-corrected chi connectivity index (χ4v) is 1.64. The number of carboxylic acid groups (broad SMARTS) is 1. The summed E-state index contributed by atoms with van der Waals surface area (Å²) in [6, 6.07) is 7.60. The molecule has 2 rings (SSSR count). The van der Waals surface area contributed by atoms with Crippen LogP contribution in [0.5, 0.6) is 0 Å². The van der Waals surface area contributed by atoms with Crippen molar-refractivity contribution in [1.29, 1.82) is 0 Å². The number of aromatic carboxylic acids is 1. The second-order valence-corrected chi connectivity index (χ2v) is 3.85. The molecule has 0 amide bonds. The molecule has 1 N–H and O–H groups in total. The van der Waals surface area contributed by atoms with E-state index < -0.39 is 5.97 Å². The Morgan fingerprint density at radius 1 is 1.29 bits per heavy atom. The van der Waals surface area contributed by atoms with Crippen molar-refractivity contribution in [1.82, 2.24) is 9.97 Å². The van der Waals surface area contributed by atoms with E-state index in [2.05, 4.69) is 9.97 Å². The molecule has 1 aromatic heterocycles. The minimum Gasteiger partial charge on any atom is -0.478 e. The van der Waals surface area contributed by atoms with Gasteiger partial charge in [-0.3, -0.25) is 0 Å². The summed E-state index contributed by atoms with van der Waals surface area (Å²) in [5, 5.41) is 9.11. The van der Waals surface area contributed by atoms with E-state index >= 15 is 0 Å². The summed E-state index contributed by atoms with van der Waals surface area (Å²) >= 11 is 0. The molecule has 0 saturated carbocycles. The summed E-state index contributed by atoms with van der Waals surface area (Å²) < 4.78 is 0. The molecule has 0 aliphatic carbocycles. The van der Waals surface area contributed by atoms with Crippen molar-refractivity contribution < 1.29 is 9.90 Å². The van der Waals surface area contributed by atoms with Crippen LogP contribution in [0, 0.1) is 13.8 Å². The van der Waals surface area contributed by atoms with Crippen LogP contribution in [0.1, 0.15) is 21.7 Å². The van der Waals surface area contributed by atoms with E-state index in [1.54, 1.807) is 6.92 Å². The summed E-state index contributed by atoms with van der Waals surface area (Å²) in [5.41, 5.74) is 2.46. The van der Waals surface area contributed by atoms with E-state index in [0.717, 1.165) is 11.1 Å². The Morgan fingerprint density at radius 2 is 2.06 bits per heavy atom. The van der Waals surface area contributed by atoms with Crippen molar-refractivity contribution in [3.8, 4) is 11.3 Å². The Kier molecular flexibility index (Phi) is 2.87. The van der Waals surface area contributed by atoms with E-state index in [-0.39, 0.29) is 5.56 Å². The molecular weight excluding hydrogens is 216 g/mol. The van der Waals surface area contributed by atoms with Gasteiger partial charge in [0.25, 0.3) is 0 Å². The maximum Gasteiger partial charge on any atom is 0.339 e. The third kappa shape index (κ3) is 2.30. The predicted molar refractivity (Wildman–Crippen MR) is 63.9 cm³/mol. The SMILES string of the molecule is Cc1cccc(-c2nc(C)ncc2C(=O)O)c1. The number of nitrogens with zero attached hydrogens (tertiary/aromatic N) is 2. The third-order valence-corrected chi connectivity index (χ3v) is 2.43. The second-order valence-electron chi connectivity index (χ2n) is 3.85. The zero-order chi connectivity index (χ0) is 12.4. The number of carboxylic acids is 1. The van der Waals surface area contributed by atoms with E-state index in [9.17, 15) is 4.79 Å². The van der Waals surface area contributed by atoms with Crippen molar-refractivity contribution in [3.05, 3.63) is 47.4 Å². The molecule has 0 spiro atoms. The highest BCUT2D eigenvalue weighted by Crippen LogP contribution is 2.22. The van der Waals surface area contributed by atoms with Gasteiger partial charge in [-0.05, 0) is 19.9 Å². The summed E-state index contributed by atoms with van der Waals surface area (Å²) in [4.78, 5) is 19.2. The first-order valence-electron chi connectivity index (χ1n) is 5.22. The van der Waals surface area contributed by atoms with Crippen LogP contribution in [0.15, 0.2) is 30.5 Å². The van der Waals surface area contributed by atoms with Gasteiger partial charge < -0.3 is 5.11 Å². The number of carbonyl (C=O) groups is 1. The molecule has 0 aliphatic heterocycles. The fourth-order valence-electron chi connectivity index (χ4n) is 1.64. The Labute approximate surface area is 99.0 Å². The lowest BCUT2D eigenvalue weighted by Gasteiger charge is -2.06. The lowest BCUT2D eigenvalue weighted by atomic mass is 10.0. The summed E-state index contributed by atoms with van der Waals surface area (Å²) in [7, 11) is 0. The summed E-state index contributed by atoms with van der Waals surface area (Å²) in [6.45, 7) is 3.70. The average Bonchev–Trinajstić information content (AvgIpc) is 2.28. The average molecular weight is 228 g/mol. The second kappa shape index (κ2) is 4.33. The largest absolute Gasteiger partial charge is 0.478 e. The maximum absolute atomic E-state index is 11.1. The fraction of sp³-hybridized carbons (Fsp3) is 0.154. The van der Waals surface area contributed by atoms with Gasteiger partial charge in [0.2, 0.25) is 0 Å². The topological polar surface area (TPSA) is 63.1 Å². The van der Waals surface area contributed by atoms with Crippen LogP contribution < -0.4 is 0 Å². The van der Waals surface area contributed by atoms with Crippen molar-refractivity contribution in [2.45, 2.75) is 13.8 Å². The van der Waals surface area contributed by atoms with Gasteiger partial charge in [-0.1, -0.05) is 23.8 Å². The van der Waals surface area contributed by atoms with Crippen LogP contribution >= 0.6 is 0 Å². The molecule has 17 heavy (non-hydrogen) atoms. The lowest BCUT2D eigenvalue weighted by Crippen LogP contribution is -2.04. The van der Waals surface area contributed by atoms with Gasteiger partial charge >= 0.3 is 5.97 Å². The number of benzene rings is 1. The number of aryl methyl sites for hydroxylation is 2. The number of rotatable bonds is 2. The van der Waals surface area contributed by atoms with E-state index in [4.69, 9.17) is 5.11 Å². The molecule has 0 atom stereocenters. The molecule has 2 aromatic rings. The first kappa shape index (κ1) is 11.3. The van der Waals surface area contributed by atoms with Gasteiger partial charge in [0.15, 0.2) is 0 Å². The van der Waals surface area contributed by atoms with Gasteiger partial charge in [0, 0.05) is 11.8 Å². The molecule has 4 heteroatoms. The molecule has 0 radical (unpaired) electrons. The Morgan fingerprint density at radius 3 is 2.71 bits per heavy atom. The first-order valence-corrected chi connectivity index (χ1v) is 5.22. The molecule has 0 aliphatic rings. The molecule has 86 valence electrons. The quantitative estimate of drug-likeness (QED) is 0.857. The van der Waals surface area contributed by atoms with Crippen LogP contribution in [0.3, 0.4) is 0 Å². The smallest absolute Gasteiger partial charge is 0.339 e. The zero-order valence-corrected chi connectivity index (χ0v) is 9.64. The van der Waals surface area contributed by atoms with Crippen LogP contribution in [-0.2, 0) is 0 Å². The standard InChI is InChI=1S/C13H12N2O2/c1-8-4-3-5-10(6-8)12-11(13(16)17)7-14-9(2)15-12/h3-7H,1-2H3,(H,16,17). The first-order chi connectivity index (χ1) is 8.08. The van der Waals surface area contributed by atoms with Crippen molar-refractivity contribution in [3.63, 3.8) is 0 Å². The minimum absolute atomic E-state index is 0.126. The molecular formula is C13H12N2O2. The normalized spacial score (nSPS) is 10.2. The Hall–Kier alpha value is -2.23. The van der Waals surface area contributed by atoms with E-state index in [1.807, 2.05) is 31.2 Å². The number of hydrogen-bond acceptors (Lipinski definition) is 3. The molecule has 0 unspecified atom stereocenters. The predicted octanol–water partition coefficient (Wildman–Crippen LogP) is 2.46. The minimum atomic E-state index is -1.01. The van der Waals surface area contributed by atoms with Gasteiger partial charge in [0.1, 0.15) is 11.4 Å². The number of aromatic nitrogens is 2. The molecule has 0 saturated heterocycles. The highest BCUT2D eigenvalue weighted by Gasteiger charge is 2.14. The van der Waals surface area contributed by atoms with Gasteiger partial charge in [-0.2, -0.15) is 0 Å². The maximum atomic E-state index is 11.1. The van der Waals surface area contributed by atoms with Gasteiger partial charge in [0.05, 0.1) is 5.69 Å². The van der Waals surface area contributed by atoms with Crippen LogP contribution in [0.2, 0.25) is 0 Å². The molecule has 1 aromatic carbocycles. The van der Waals surface area contributed by atoms with Crippen LogP contribution in [-0.4, -0.2) is 21.0 Å². The van der Waals surface area contributed by atoms with Gasteiger partial charge in [-0.15, -0.1) is 0 Å². The molecule has 4 nitrogen and oxygen atoms in total. The van der Waals surface area contributed by atoms with Gasteiger partial charge in [-0.25, -0.2) is 14.8 Å². The highest BCUT2D eigenvalue weighted by atomic mass is 16.4. The summed E-state index contributed by atoms with van der Waals surface area (Å²) in [5.74, 6) is -0.451. The van der Waals surface area contributed by atoms with Crippen LogP contribution in [0.4, 0.5) is 0 Å². The van der Waals surface area contributed by atoms with E-state index in [0.29, 0.717) is 11.5 Å². The van der Waals surface area contributed by atoms with Crippen molar-refractivity contribution >= 4 is 5.97 Å². The monoisotopic (exact) mass is 228 g/mol. The lowest BCUT2D eigenvalue weighted by molar-refractivity contribution is 0.0697. The van der Waals surface area contributed by atoms with Crippen molar-refractivity contribution in [2.75, 3.05) is 0 Å².